The average Bonchev–Trinajstić information content (AvgIpc) is 2.33. The minimum Gasteiger partial charge on any atom is -0.506 e. The number of halogens is 1. The van der Waals surface area contributed by atoms with Crippen molar-refractivity contribution >= 4 is 34.1 Å². The Kier molecular flexibility index (Phi) is 2.92. The first-order chi connectivity index (χ1) is 7.72. The highest BCUT2D eigenvalue weighted by molar-refractivity contribution is 6.29. The highest BCUT2D eigenvalue weighted by Crippen LogP contribution is 2.28. The largest absolute Gasteiger partial charge is 0.506 e. The highest BCUT2D eigenvalue weighted by Gasteiger charge is 2.07. The van der Waals surface area contributed by atoms with Crippen LogP contribution >= 0.6 is 11.6 Å². The van der Waals surface area contributed by atoms with Crippen molar-refractivity contribution in [3.05, 3.63) is 30.5 Å². The Hall–Kier alpha value is -1.81. The Morgan fingerprint density at radius 3 is 3.00 bits per heavy atom. The number of aromatic nitrogens is 1. The van der Waals surface area contributed by atoms with Crippen molar-refractivity contribution in [2.24, 2.45) is 0 Å². The smallest absolute Gasteiger partial charge is 0.239 e. The maximum atomic E-state index is 11.2. The highest BCUT2D eigenvalue weighted by atomic mass is 35.5. The molecule has 16 heavy (non-hydrogen) atoms. The summed E-state index contributed by atoms with van der Waals surface area (Å²) in [7, 11) is 0. The molecule has 2 aromatic rings. The first-order valence-corrected chi connectivity index (χ1v) is 5.18. The van der Waals surface area contributed by atoms with Crippen molar-refractivity contribution in [3.63, 3.8) is 0 Å². The molecule has 4 nitrogen and oxygen atoms in total. The molecule has 1 heterocycles. The molecule has 0 saturated heterocycles. The third-order valence-electron chi connectivity index (χ3n) is 2.14. The van der Waals surface area contributed by atoms with Gasteiger partial charge in [-0.1, -0.05) is 0 Å². The number of alkyl halides is 1. The summed E-state index contributed by atoms with van der Waals surface area (Å²) < 4.78 is 0. The summed E-state index contributed by atoms with van der Waals surface area (Å²) in [5.74, 6) is -0.320. The van der Waals surface area contributed by atoms with E-state index in [1.54, 1.807) is 24.4 Å². The molecule has 0 unspecified atom stereocenters. The second-order valence-corrected chi connectivity index (χ2v) is 3.48. The van der Waals surface area contributed by atoms with E-state index in [0.29, 0.717) is 16.6 Å². The number of fused-ring (bicyclic) bond motifs is 1. The van der Waals surface area contributed by atoms with Crippen LogP contribution in [0.2, 0.25) is 0 Å². The number of carbonyl (C=O) groups excluding carboxylic acids is 1. The molecule has 0 spiro atoms. The number of benzene rings is 1. The molecule has 0 aliphatic heterocycles. The molecule has 0 bridgehead atoms. The first-order valence-electron chi connectivity index (χ1n) is 4.65. The molecule has 1 aromatic carbocycles. The molecule has 0 aliphatic rings. The molecule has 82 valence electrons. The van der Waals surface area contributed by atoms with Gasteiger partial charge in [-0.2, -0.15) is 0 Å². The van der Waals surface area contributed by atoms with Crippen LogP contribution in [0.1, 0.15) is 0 Å². The zero-order valence-electron chi connectivity index (χ0n) is 8.27. The summed E-state index contributed by atoms with van der Waals surface area (Å²) >= 11 is 5.41. The fraction of sp³-hybridized carbons (Fsp3) is 0.0909. The van der Waals surface area contributed by atoms with Crippen molar-refractivity contribution in [1.29, 1.82) is 0 Å². The number of nitrogens with zero attached hydrogens (tertiary/aromatic N) is 1. The number of amides is 1. The maximum absolute atomic E-state index is 11.2. The summed E-state index contributed by atoms with van der Waals surface area (Å²) in [6.45, 7) is 0. The van der Waals surface area contributed by atoms with Gasteiger partial charge in [-0.05, 0) is 24.3 Å². The normalized spacial score (nSPS) is 10.3. The average molecular weight is 237 g/mol. The lowest BCUT2D eigenvalue weighted by atomic mass is 10.1. The zero-order valence-corrected chi connectivity index (χ0v) is 9.03. The predicted octanol–water partition coefficient (Wildman–Crippen LogP) is 2.12. The maximum Gasteiger partial charge on any atom is 0.239 e. The Balaban J connectivity index is 2.54. The number of hydrogen-bond acceptors (Lipinski definition) is 3. The number of anilines is 1. The van der Waals surface area contributed by atoms with Crippen LogP contribution in [-0.4, -0.2) is 21.9 Å². The number of hydrogen-bond donors (Lipinski definition) is 2. The Morgan fingerprint density at radius 1 is 1.44 bits per heavy atom. The SMILES string of the molecule is O=C(CCl)Nc1ccc(O)c2ncccc12. The van der Waals surface area contributed by atoms with Crippen LogP contribution in [0, 0.1) is 0 Å². The first kappa shape index (κ1) is 10.7. The second kappa shape index (κ2) is 4.37. The van der Waals surface area contributed by atoms with Crippen molar-refractivity contribution in [2.75, 3.05) is 11.2 Å². The minimum absolute atomic E-state index is 0.0828. The van der Waals surface area contributed by atoms with Gasteiger partial charge in [0, 0.05) is 11.6 Å². The third-order valence-corrected chi connectivity index (χ3v) is 2.39. The van der Waals surface area contributed by atoms with Crippen LogP contribution in [0.4, 0.5) is 5.69 Å². The van der Waals surface area contributed by atoms with E-state index in [1.807, 2.05) is 0 Å². The molecule has 5 heteroatoms. The molecule has 0 radical (unpaired) electrons. The van der Waals surface area contributed by atoms with Gasteiger partial charge in [0.2, 0.25) is 5.91 Å². The van der Waals surface area contributed by atoms with Crippen LogP contribution in [-0.2, 0) is 4.79 Å². The monoisotopic (exact) mass is 236 g/mol. The van der Waals surface area contributed by atoms with E-state index < -0.39 is 0 Å². The third kappa shape index (κ3) is 1.92. The van der Waals surface area contributed by atoms with Gasteiger partial charge in [0.1, 0.15) is 17.1 Å². The molecule has 0 atom stereocenters. The van der Waals surface area contributed by atoms with E-state index in [4.69, 9.17) is 11.6 Å². The zero-order chi connectivity index (χ0) is 11.5. The van der Waals surface area contributed by atoms with E-state index in [2.05, 4.69) is 10.3 Å². The number of nitrogens with one attached hydrogen (secondary N) is 1. The van der Waals surface area contributed by atoms with E-state index in [0.717, 1.165) is 0 Å². The lowest BCUT2D eigenvalue weighted by Gasteiger charge is -2.07. The number of phenolic OH excluding ortho intramolecular Hbond substituents is 1. The van der Waals surface area contributed by atoms with Gasteiger partial charge in [0.25, 0.3) is 0 Å². The summed E-state index contributed by atoms with van der Waals surface area (Å²) in [6.07, 6.45) is 1.58. The molecule has 1 aromatic heterocycles. The molecular formula is C11H9ClN2O2. The number of pyridine rings is 1. The van der Waals surface area contributed by atoms with Crippen LogP contribution < -0.4 is 5.32 Å². The van der Waals surface area contributed by atoms with Crippen LogP contribution in [0.3, 0.4) is 0 Å². The van der Waals surface area contributed by atoms with Crippen molar-refractivity contribution in [3.8, 4) is 5.75 Å². The molecule has 0 aliphatic carbocycles. The van der Waals surface area contributed by atoms with E-state index in [9.17, 15) is 9.90 Å². The van der Waals surface area contributed by atoms with Gasteiger partial charge in [0.15, 0.2) is 0 Å². The fourth-order valence-electron chi connectivity index (χ4n) is 1.45. The molecule has 0 saturated carbocycles. The molecule has 2 N–H and O–H groups in total. The molecule has 0 fully saturated rings. The van der Waals surface area contributed by atoms with Crippen LogP contribution in [0.5, 0.6) is 5.75 Å². The summed E-state index contributed by atoms with van der Waals surface area (Å²) in [4.78, 5) is 15.2. The lowest BCUT2D eigenvalue weighted by molar-refractivity contribution is -0.113. The fourth-order valence-corrected chi connectivity index (χ4v) is 1.52. The van der Waals surface area contributed by atoms with Crippen molar-refractivity contribution in [2.45, 2.75) is 0 Å². The predicted molar refractivity (Wildman–Crippen MR) is 62.8 cm³/mol. The van der Waals surface area contributed by atoms with E-state index in [-0.39, 0.29) is 17.5 Å². The second-order valence-electron chi connectivity index (χ2n) is 3.21. The van der Waals surface area contributed by atoms with E-state index >= 15 is 0 Å². The van der Waals surface area contributed by atoms with Gasteiger partial charge in [-0.25, -0.2) is 0 Å². The van der Waals surface area contributed by atoms with Crippen LogP contribution in [0.25, 0.3) is 10.9 Å². The number of aromatic hydroxyl groups is 1. The van der Waals surface area contributed by atoms with Crippen molar-refractivity contribution < 1.29 is 9.90 Å². The summed E-state index contributed by atoms with van der Waals surface area (Å²) in [6, 6.07) is 6.60. The quantitative estimate of drug-likeness (QED) is 0.620. The van der Waals surface area contributed by atoms with Crippen molar-refractivity contribution in [1.82, 2.24) is 4.98 Å². The minimum atomic E-state index is -0.294. The van der Waals surface area contributed by atoms with Gasteiger partial charge in [0.05, 0.1) is 5.69 Å². The van der Waals surface area contributed by atoms with Gasteiger partial charge in [-0.3, -0.25) is 9.78 Å². The van der Waals surface area contributed by atoms with Gasteiger partial charge < -0.3 is 10.4 Å². The standard InChI is InChI=1S/C11H9ClN2O2/c12-6-10(16)14-8-3-4-9(15)11-7(8)2-1-5-13-11/h1-5,15H,6H2,(H,14,16). The lowest BCUT2D eigenvalue weighted by Crippen LogP contribution is -2.12. The molecular weight excluding hydrogens is 228 g/mol. The molecule has 2 rings (SSSR count). The Morgan fingerprint density at radius 2 is 2.25 bits per heavy atom. The summed E-state index contributed by atoms with van der Waals surface area (Å²) in [5.41, 5.74) is 1.04. The summed E-state index contributed by atoms with van der Waals surface area (Å²) in [5, 5.41) is 12.9. The number of carbonyl (C=O) groups is 1. The Labute approximate surface area is 96.9 Å². The van der Waals surface area contributed by atoms with E-state index in [1.165, 1.54) is 6.07 Å². The van der Waals surface area contributed by atoms with Gasteiger partial charge in [-0.15, -0.1) is 11.6 Å². The topological polar surface area (TPSA) is 62.2 Å². The molecule has 1 amide bonds. The number of phenols is 1. The Bertz CT molecular complexity index is 542. The number of rotatable bonds is 2. The van der Waals surface area contributed by atoms with Crippen LogP contribution in [0.15, 0.2) is 30.5 Å². The van der Waals surface area contributed by atoms with Gasteiger partial charge >= 0.3 is 0 Å².